The largest absolute Gasteiger partial charge is 0.309 e. The molecule has 0 bridgehead atoms. The SMILES string of the molecule is c1ccc(B2c3ccccc3B3c4ccccc4N(c4cccnc4)c4c5c(cc2c43)N(c2cccc3ccccc23)c2ccccc2S5)cc1. The Labute approximate surface area is 302 Å². The standard InChI is InChI=1S/C45H29B2N3S/c1-2-16-31(17-3-1)46-34-20-6-7-21-35(34)47-36-22-8-9-23-39(36)49(32-18-13-27-48-29-32)44-43(47)37(46)28-41-45(44)51-42-26-11-10-24-40(42)50(41)38-25-12-15-30-14-4-5-19-33(30)38/h1-29H. The molecule has 0 aliphatic carbocycles. The highest BCUT2D eigenvalue weighted by Gasteiger charge is 2.47. The number of hydrogen-bond acceptors (Lipinski definition) is 4. The third kappa shape index (κ3) is 4.20. The lowest BCUT2D eigenvalue weighted by Crippen LogP contribution is -2.76. The average molecular weight is 665 g/mol. The predicted molar refractivity (Wildman–Crippen MR) is 217 cm³/mol. The molecule has 0 atom stereocenters. The molecule has 1 aromatic heterocycles. The van der Waals surface area contributed by atoms with Gasteiger partial charge >= 0.3 is 0 Å². The van der Waals surface area contributed by atoms with Crippen molar-refractivity contribution in [1.82, 2.24) is 4.98 Å². The van der Waals surface area contributed by atoms with Gasteiger partial charge < -0.3 is 9.80 Å². The molecule has 0 fully saturated rings. The summed E-state index contributed by atoms with van der Waals surface area (Å²) in [6.07, 6.45) is 3.88. The number of hydrogen-bond donors (Lipinski definition) is 0. The van der Waals surface area contributed by atoms with Crippen LogP contribution in [0.2, 0.25) is 0 Å². The van der Waals surface area contributed by atoms with Crippen molar-refractivity contribution in [3.8, 4) is 0 Å². The molecule has 236 valence electrons. The molecule has 8 aromatic rings. The molecule has 0 spiro atoms. The van der Waals surface area contributed by atoms with Crippen molar-refractivity contribution in [3.05, 3.63) is 176 Å². The van der Waals surface area contributed by atoms with Crippen molar-refractivity contribution < 1.29 is 0 Å². The molecule has 3 aliphatic rings. The molecule has 3 nitrogen and oxygen atoms in total. The predicted octanol–water partition coefficient (Wildman–Crippen LogP) is 7.30. The van der Waals surface area contributed by atoms with E-state index in [2.05, 4.69) is 179 Å². The monoisotopic (exact) mass is 665 g/mol. The first-order valence-corrected chi connectivity index (χ1v) is 18.4. The highest BCUT2D eigenvalue weighted by molar-refractivity contribution is 8.00. The molecule has 3 aliphatic heterocycles. The molecule has 51 heavy (non-hydrogen) atoms. The van der Waals surface area contributed by atoms with Crippen LogP contribution >= 0.6 is 11.8 Å². The van der Waals surface area contributed by atoms with Crippen molar-refractivity contribution in [2.24, 2.45) is 0 Å². The number of benzene rings is 7. The van der Waals surface area contributed by atoms with Crippen molar-refractivity contribution in [2.75, 3.05) is 9.80 Å². The third-order valence-corrected chi connectivity index (χ3v) is 12.0. The second-order valence-corrected chi connectivity index (χ2v) is 14.5. The summed E-state index contributed by atoms with van der Waals surface area (Å²) in [6.45, 7) is 0.152. The van der Waals surface area contributed by atoms with E-state index < -0.39 is 0 Å². The number of aromatic nitrogens is 1. The van der Waals surface area contributed by atoms with Crippen LogP contribution in [0.1, 0.15) is 0 Å². The van der Waals surface area contributed by atoms with Gasteiger partial charge in [-0.05, 0) is 58.8 Å². The van der Waals surface area contributed by atoms with E-state index in [0.29, 0.717) is 0 Å². The van der Waals surface area contributed by atoms with E-state index in [0.717, 1.165) is 5.69 Å². The van der Waals surface area contributed by atoms with Crippen molar-refractivity contribution in [1.29, 1.82) is 0 Å². The van der Waals surface area contributed by atoms with Crippen LogP contribution in [0.5, 0.6) is 0 Å². The lowest BCUT2D eigenvalue weighted by atomic mass is 9.20. The summed E-state index contributed by atoms with van der Waals surface area (Å²) >= 11 is 1.89. The number of anilines is 6. The van der Waals surface area contributed by atoms with E-state index in [1.54, 1.807) is 0 Å². The zero-order valence-corrected chi connectivity index (χ0v) is 28.5. The number of pyridine rings is 1. The van der Waals surface area contributed by atoms with Crippen LogP contribution in [0.25, 0.3) is 10.8 Å². The maximum Gasteiger partial charge on any atom is 0.245 e. The van der Waals surface area contributed by atoms with E-state index in [-0.39, 0.29) is 13.4 Å². The summed E-state index contributed by atoms with van der Waals surface area (Å²) in [5.41, 5.74) is 15.2. The molecule has 0 saturated carbocycles. The van der Waals surface area contributed by atoms with E-state index in [1.165, 1.54) is 81.8 Å². The maximum atomic E-state index is 4.67. The van der Waals surface area contributed by atoms with Gasteiger partial charge in [-0.2, -0.15) is 0 Å². The van der Waals surface area contributed by atoms with Crippen LogP contribution in [0.15, 0.2) is 186 Å². The van der Waals surface area contributed by atoms with Gasteiger partial charge in [0, 0.05) is 22.2 Å². The van der Waals surface area contributed by atoms with Gasteiger partial charge in [-0.3, -0.25) is 4.98 Å². The Morgan fingerprint density at radius 2 is 1.18 bits per heavy atom. The van der Waals surface area contributed by atoms with E-state index in [1.807, 2.05) is 24.2 Å². The first-order chi connectivity index (χ1) is 25.3. The number of para-hydroxylation sites is 2. The Bertz CT molecular complexity index is 2650. The van der Waals surface area contributed by atoms with Crippen LogP contribution < -0.4 is 42.6 Å². The molecule has 0 radical (unpaired) electrons. The summed E-state index contributed by atoms with van der Waals surface area (Å²) in [6, 6.07) is 60.4. The lowest BCUT2D eigenvalue weighted by molar-refractivity contribution is 1.15. The van der Waals surface area contributed by atoms with Gasteiger partial charge in [0.2, 0.25) is 13.4 Å². The summed E-state index contributed by atoms with van der Waals surface area (Å²) in [4.78, 5) is 12.2. The van der Waals surface area contributed by atoms with E-state index in [9.17, 15) is 0 Å². The Kier molecular flexibility index (Phi) is 6.37. The number of rotatable bonds is 3. The van der Waals surface area contributed by atoms with Crippen molar-refractivity contribution in [2.45, 2.75) is 9.79 Å². The number of fused-ring (bicyclic) bond motifs is 8. The van der Waals surface area contributed by atoms with Gasteiger partial charge in [0.1, 0.15) is 0 Å². The molecule has 0 unspecified atom stereocenters. The van der Waals surface area contributed by atoms with Gasteiger partial charge in [0.15, 0.2) is 0 Å². The highest BCUT2D eigenvalue weighted by Crippen LogP contribution is 2.56. The fourth-order valence-electron chi connectivity index (χ4n) is 8.83. The summed E-state index contributed by atoms with van der Waals surface area (Å²) < 4.78 is 0. The Morgan fingerprint density at radius 1 is 0.490 bits per heavy atom. The molecule has 4 heterocycles. The maximum absolute atomic E-state index is 4.67. The molecular formula is C45H29B2N3S. The minimum atomic E-state index is 0.0650. The van der Waals surface area contributed by atoms with Crippen molar-refractivity contribution in [3.63, 3.8) is 0 Å². The van der Waals surface area contributed by atoms with E-state index in [4.69, 9.17) is 0 Å². The van der Waals surface area contributed by atoms with Gasteiger partial charge in [0.05, 0.1) is 39.5 Å². The third-order valence-electron chi connectivity index (χ3n) is 10.8. The molecule has 11 rings (SSSR count). The zero-order valence-electron chi connectivity index (χ0n) is 27.6. The molecule has 0 amide bonds. The molecule has 7 aromatic carbocycles. The van der Waals surface area contributed by atoms with Gasteiger partial charge in [-0.1, -0.05) is 155 Å². The van der Waals surface area contributed by atoms with Crippen LogP contribution in [0.3, 0.4) is 0 Å². The molecule has 0 saturated heterocycles. The zero-order chi connectivity index (χ0) is 33.5. The van der Waals surface area contributed by atoms with Gasteiger partial charge in [-0.25, -0.2) is 0 Å². The summed E-state index contributed by atoms with van der Waals surface area (Å²) in [5, 5.41) is 2.46. The molecule has 0 N–H and O–H groups in total. The van der Waals surface area contributed by atoms with Crippen LogP contribution in [0, 0.1) is 0 Å². The second-order valence-electron chi connectivity index (χ2n) is 13.5. The number of nitrogens with zero attached hydrogens (tertiary/aromatic N) is 3. The smallest absolute Gasteiger partial charge is 0.245 e. The molecular weight excluding hydrogens is 636 g/mol. The Balaban J connectivity index is 1.32. The Hall–Kier alpha value is -5.97. The fraction of sp³-hybridized carbons (Fsp3) is 0. The lowest BCUT2D eigenvalue weighted by Gasteiger charge is -2.45. The van der Waals surface area contributed by atoms with Gasteiger partial charge in [0.25, 0.3) is 0 Å². The highest BCUT2D eigenvalue weighted by atomic mass is 32.2. The minimum Gasteiger partial charge on any atom is -0.309 e. The molecule has 6 heteroatoms. The van der Waals surface area contributed by atoms with Gasteiger partial charge in [-0.15, -0.1) is 0 Å². The fourth-order valence-corrected chi connectivity index (χ4v) is 10.0. The topological polar surface area (TPSA) is 19.4 Å². The van der Waals surface area contributed by atoms with Crippen molar-refractivity contribution >= 4 is 103 Å². The van der Waals surface area contributed by atoms with E-state index >= 15 is 0 Å². The summed E-state index contributed by atoms with van der Waals surface area (Å²) in [5.74, 6) is 0. The van der Waals surface area contributed by atoms with Crippen LogP contribution in [-0.4, -0.2) is 18.4 Å². The normalized spacial score (nSPS) is 13.6. The van der Waals surface area contributed by atoms with Crippen LogP contribution in [0.4, 0.5) is 34.1 Å². The first kappa shape index (κ1) is 28.8. The Morgan fingerprint density at radius 3 is 2.02 bits per heavy atom. The van der Waals surface area contributed by atoms with Crippen LogP contribution in [-0.2, 0) is 0 Å². The average Bonchev–Trinajstić information content (AvgIpc) is 3.20. The summed E-state index contributed by atoms with van der Waals surface area (Å²) in [7, 11) is 0. The minimum absolute atomic E-state index is 0.0650. The second kappa shape index (κ2) is 11.3. The first-order valence-electron chi connectivity index (χ1n) is 17.5. The quantitative estimate of drug-likeness (QED) is 0.185.